The van der Waals surface area contributed by atoms with Crippen molar-refractivity contribution < 1.29 is 4.79 Å². The number of nitriles is 2. The van der Waals surface area contributed by atoms with Gasteiger partial charge in [-0.2, -0.15) is 10.5 Å². The molecule has 70 valence electrons. The zero-order valence-electron chi connectivity index (χ0n) is 7.87. The molecule has 0 aliphatic heterocycles. The lowest BCUT2D eigenvalue weighted by atomic mass is 9.96. The molecular weight excluding hydrogens is 166 g/mol. The zero-order valence-corrected chi connectivity index (χ0v) is 7.87. The maximum absolute atomic E-state index is 11.2. The summed E-state index contributed by atoms with van der Waals surface area (Å²) in [6.45, 7) is 4.12. The smallest absolute Gasteiger partial charge is 0.225 e. The maximum Gasteiger partial charge on any atom is 0.225 e. The van der Waals surface area contributed by atoms with E-state index < -0.39 is 11.8 Å². The second kappa shape index (κ2) is 6.02. The SMILES string of the molecule is CCCNC(=O)C(C)C(C#N)C#N. The van der Waals surface area contributed by atoms with Crippen molar-refractivity contribution in [3.63, 3.8) is 0 Å². The molecule has 0 bridgehead atoms. The van der Waals surface area contributed by atoms with Gasteiger partial charge in [-0.1, -0.05) is 13.8 Å². The largest absolute Gasteiger partial charge is 0.356 e. The highest BCUT2D eigenvalue weighted by Crippen LogP contribution is 2.09. The summed E-state index contributed by atoms with van der Waals surface area (Å²) >= 11 is 0. The molecule has 0 aromatic rings. The van der Waals surface area contributed by atoms with Crippen LogP contribution in [0.15, 0.2) is 0 Å². The third-order valence-electron chi connectivity index (χ3n) is 1.74. The Morgan fingerprint density at radius 1 is 1.46 bits per heavy atom. The Kier molecular flexibility index (Phi) is 5.30. The van der Waals surface area contributed by atoms with Crippen molar-refractivity contribution in [2.24, 2.45) is 11.8 Å². The monoisotopic (exact) mass is 179 g/mol. The fourth-order valence-corrected chi connectivity index (χ4v) is 0.813. The molecule has 0 aromatic heterocycles. The molecule has 4 nitrogen and oxygen atoms in total. The minimum atomic E-state index is -0.850. The van der Waals surface area contributed by atoms with E-state index in [-0.39, 0.29) is 5.91 Å². The highest BCUT2D eigenvalue weighted by Gasteiger charge is 2.22. The molecule has 0 fully saturated rings. The maximum atomic E-state index is 11.2. The number of carbonyl (C=O) groups excluding carboxylic acids is 1. The van der Waals surface area contributed by atoms with Crippen molar-refractivity contribution in [1.29, 1.82) is 10.5 Å². The van der Waals surface area contributed by atoms with Crippen LogP contribution in [-0.2, 0) is 4.79 Å². The van der Waals surface area contributed by atoms with E-state index in [1.54, 1.807) is 19.1 Å². The fourth-order valence-electron chi connectivity index (χ4n) is 0.813. The van der Waals surface area contributed by atoms with E-state index in [0.29, 0.717) is 6.54 Å². The summed E-state index contributed by atoms with van der Waals surface area (Å²) in [5.74, 6) is -1.63. The molecule has 0 spiro atoms. The Morgan fingerprint density at radius 2 is 2.00 bits per heavy atom. The van der Waals surface area contributed by atoms with Gasteiger partial charge in [0.15, 0.2) is 0 Å². The molecule has 0 heterocycles. The first-order valence-corrected chi connectivity index (χ1v) is 4.24. The molecule has 0 aromatic carbocycles. The number of nitrogens with one attached hydrogen (secondary N) is 1. The Bertz CT molecular complexity index is 235. The molecular formula is C9H13N3O. The van der Waals surface area contributed by atoms with Crippen LogP contribution in [-0.4, -0.2) is 12.5 Å². The third-order valence-corrected chi connectivity index (χ3v) is 1.74. The summed E-state index contributed by atoms with van der Waals surface area (Å²) < 4.78 is 0. The second-order valence-electron chi connectivity index (χ2n) is 2.82. The Morgan fingerprint density at radius 3 is 2.38 bits per heavy atom. The average Bonchev–Trinajstić information content (AvgIpc) is 2.15. The minimum Gasteiger partial charge on any atom is -0.356 e. The van der Waals surface area contributed by atoms with E-state index in [0.717, 1.165) is 6.42 Å². The minimum absolute atomic E-state index is 0.227. The quantitative estimate of drug-likeness (QED) is 0.693. The van der Waals surface area contributed by atoms with Crippen LogP contribution >= 0.6 is 0 Å². The van der Waals surface area contributed by atoms with E-state index in [1.807, 2.05) is 6.92 Å². The Labute approximate surface area is 78.2 Å². The number of carbonyl (C=O) groups is 1. The van der Waals surface area contributed by atoms with Gasteiger partial charge in [0.2, 0.25) is 5.91 Å². The van der Waals surface area contributed by atoms with Crippen LogP contribution in [0.1, 0.15) is 20.3 Å². The van der Waals surface area contributed by atoms with Crippen molar-refractivity contribution in [2.45, 2.75) is 20.3 Å². The van der Waals surface area contributed by atoms with E-state index in [2.05, 4.69) is 5.32 Å². The van der Waals surface area contributed by atoms with Gasteiger partial charge in [0.05, 0.1) is 18.1 Å². The molecule has 13 heavy (non-hydrogen) atoms. The van der Waals surface area contributed by atoms with Crippen LogP contribution in [0.4, 0.5) is 0 Å². The van der Waals surface area contributed by atoms with Gasteiger partial charge < -0.3 is 5.32 Å². The number of rotatable bonds is 4. The van der Waals surface area contributed by atoms with Gasteiger partial charge in [-0.25, -0.2) is 0 Å². The summed E-state index contributed by atoms with van der Waals surface area (Å²) in [6.07, 6.45) is 0.849. The average molecular weight is 179 g/mol. The van der Waals surface area contributed by atoms with Crippen molar-refractivity contribution in [2.75, 3.05) is 6.54 Å². The van der Waals surface area contributed by atoms with Gasteiger partial charge in [-0.05, 0) is 6.42 Å². The number of amides is 1. The molecule has 0 saturated carbocycles. The van der Waals surface area contributed by atoms with Crippen LogP contribution in [0.25, 0.3) is 0 Å². The van der Waals surface area contributed by atoms with Crippen molar-refractivity contribution >= 4 is 5.91 Å². The van der Waals surface area contributed by atoms with Crippen molar-refractivity contribution in [3.05, 3.63) is 0 Å². The van der Waals surface area contributed by atoms with Gasteiger partial charge in [0, 0.05) is 6.54 Å². The van der Waals surface area contributed by atoms with Gasteiger partial charge in [0.1, 0.15) is 5.92 Å². The normalized spacial score (nSPS) is 11.5. The molecule has 0 rings (SSSR count). The topological polar surface area (TPSA) is 76.7 Å². The van der Waals surface area contributed by atoms with Gasteiger partial charge >= 0.3 is 0 Å². The second-order valence-corrected chi connectivity index (χ2v) is 2.82. The fraction of sp³-hybridized carbons (Fsp3) is 0.667. The van der Waals surface area contributed by atoms with E-state index in [9.17, 15) is 4.79 Å². The molecule has 4 heteroatoms. The van der Waals surface area contributed by atoms with Crippen LogP contribution in [0, 0.1) is 34.5 Å². The predicted octanol–water partition coefficient (Wildman–Crippen LogP) is 0.812. The van der Waals surface area contributed by atoms with Crippen LogP contribution < -0.4 is 5.32 Å². The van der Waals surface area contributed by atoms with Crippen LogP contribution in [0.5, 0.6) is 0 Å². The van der Waals surface area contributed by atoms with Crippen LogP contribution in [0.2, 0.25) is 0 Å². The Balaban J connectivity index is 4.11. The van der Waals surface area contributed by atoms with Crippen LogP contribution in [0.3, 0.4) is 0 Å². The standard InChI is InChI=1S/C9H13N3O/c1-3-4-12-9(13)7(2)8(5-10)6-11/h7-8H,3-4H2,1-2H3,(H,12,13). The highest BCUT2D eigenvalue weighted by molar-refractivity contribution is 5.79. The number of hydrogen-bond donors (Lipinski definition) is 1. The molecule has 0 aliphatic carbocycles. The summed E-state index contributed by atoms with van der Waals surface area (Å²) in [6, 6.07) is 3.57. The van der Waals surface area contributed by atoms with E-state index in [1.165, 1.54) is 0 Å². The first-order chi connectivity index (χ1) is 6.17. The first-order valence-electron chi connectivity index (χ1n) is 4.24. The van der Waals surface area contributed by atoms with E-state index >= 15 is 0 Å². The molecule has 0 aliphatic rings. The lowest BCUT2D eigenvalue weighted by Gasteiger charge is -2.10. The van der Waals surface area contributed by atoms with Crippen molar-refractivity contribution in [3.8, 4) is 12.1 Å². The summed E-state index contributed by atoms with van der Waals surface area (Å²) in [7, 11) is 0. The molecule has 1 amide bonds. The van der Waals surface area contributed by atoms with E-state index in [4.69, 9.17) is 10.5 Å². The number of hydrogen-bond acceptors (Lipinski definition) is 3. The molecule has 1 N–H and O–H groups in total. The molecule has 1 atom stereocenters. The van der Waals surface area contributed by atoms with Gasteiger partial charge in [-0.15, -0.1) is 0 Å². The lowest BCUT2D eigenvalue weighted by Crippen LogP contribution is -2.33. The van der Waals surface area contributed by atoms with Crippen molar-refractivity contribution in [1.82, 2.24) is 5.32 Å². The first kappa shape index (κ1) is 11.4. The molecule has 0 radical (unpaired) electrons. The Hall–Kier alpha value is -1.55. The highest BCUT2D eigenvalue weighted by atomic mass is 16.1. The summed E-state index contributed by atoms with van der Waals surface area (Å²) in [5, 5.41) is 19.7. The number of nitrogens with zero attached hydrogens (tertiary/aromatic N) is 2. The zero-order chi connectivity index (χ0) is 10.3. The summed E-state index contributed by atoms with van der Waals surface area (Å²) in [5.41, 5.74) is 0. The van der Waals surface area contributed by atoms with Gasteiger partial charge in [0.25, 0.3) is 0 Å². The molecule has 0 saturated heterocycles. The molecule has 1 unspecified atom stereocenters. The van der Waals surface area contributed by atoms with Gasteiger partial charge in [-0.3, -0.25) is 4.79 Å². The summed E-state index contributed by atoms with van der Waals surface area (Å²) in [4.78, 5) is 11.2. The lowest BCUT2D eigenvalue weighted by molar-refractivity contribution is -0.125. The third kappa shape index (κ3) is 3.57. The predicted molar refractivity (Wildman–Crippen MR) is 47.2 cm³/mol.